The molecule has 6 fully saturated rings. The molecule has 2 spiro atoms. The third kappa shape index (κ3) is 2.62. The van der Waals surface area contributed by atoms with Gasteiger partial charge in [0.1, 0.15) is 11.6 Å². The SMILES string of the molecule is CC1(C)C(=O)CC[C@@]2(C)[C@@H]1CC[C@]13CO[C@@]4(CC[C@H]5C(C)(C)C(=O)CC[C@]5(C)[C@H]4CC[C@H]12)C3. The van der Waals surface area contributed by atoms with Gasteiger partial charge in [-0.3, -0.25) is 9.59 Å². The van der Waals surface area contributed by atoms with Gasteiger partial charge in [0.2, 0.25) is 0 Å². The predicted molar refractivity (Wildman–Crippen MR) is 130 cm³/mol. The zero-order valence-electron chi connectivity index (χ0n) is 22.0. The lowest BCUT2D eigenvalue weighted by atomic mass is 9.42. The van der Waals surface area contributed by atoms with Gasteiger partial charge >= 0.3 is 0 Å². The van der Waals surface area contributed by atoms with Crippen molar-refractivity contribution in [1.29, 1.82) is 0 Å². The molecule has 0 N–H and O–H groups in total. The minimum Gasteiger partial charge on any atom is -0.374 e. The Labute approximate surface area is 201 Å². The molecule has 184 valence electrons. The van der Waals surface area contributed by atoms with E-state index in [2.05, 4.69) is 41.5 Å². The van der Waals surface area contributed by atoms with Crippen LogP contribution >= 0.6 is 0 Å². The van der Waals surface area contributed by atoms with Crippen LogP contribution in [0.15, 0.2) is 0 Å². The van der Waals surface area contributed by atoms with E-state index in [1.54, 1.807) is 0 Å². The molecule has 0 aromatic carbocycles. The second-order valence-electron chi connectivity index (χ2n) is 15.1. The summed E-state index contributed by atoms with van der Waals surface area (Å²) in [7, 11) is 0. The monoisotopic (exact) mass is 454 g/mol. The maximum absolute atomic E-state index is 12.9. The Hall–Kier alpha value is -0.700. The lowest BCUT2D eigenvalue weighted by Crippen LogP contribution is -2.60. The summed E-state index contributed by atoms with van der Waals surface area (Å²) in [5.74, 6) is 3.20. The van der Waals surface area contributed by atoms with Crippen molar-refractivity contribution >= 4 is 11.6 Å². The van der Waals surface area contributed by atoms with E-state index in [9.17, 15) is 9.59 Å². The van der Waals surface area contributed by atoms with Gasteiger partial charge in [-0.1, -0.05) is 41.5 Å². The summed E-state index contributed by atoms with van der Waals surface area (Å²) < 4.78 is 7.06. The summed E-state index contributed by atoms with van der Waals surface area (Å²) in [6.45, 7) is 15.0. The van der Waals surface area contributed by atoms with Crippen LogP contribution in [0.25, 0.3) is 0 Å². The van der Waals surface area contributed by atoms with E-state index in [0.717, 1.165) is 45.1 Å². The molecule has 1 heterocycles. The highest BCUT2D eigenvalue weighted by Crippen LogP contribution is 2.74. The first-order valence-electron chi connectivity index (χ1n) is 14.0. The maximum Gasteiger partial charge on any atom is 0.138 e. The average Bonchev–Trinajstić information content (AvgIpc) is 2.99. The first kappa shape index (κ1) is 22.7. The van der Waals surface area contributed by atoms with Gasteiger partial charge in [-0.05, 0) is 97.7 Å². The van der Waals surface area contributed by atoms with Gasteiger partial charge in [0, 0.05) is 23.7 Å². The van der Waals surface area contributed by atoms with Gasteiger partial charge in [0.05, 0.1) is 12.2 Å². The van der Waals surface area contributed by atoms with Crippen molar-refractivity contribution < 1.29 is 14.3 Å². The van der Waals surface area contributed by atoms with Crippen LogP contribution in [0.2, 0.25) is 0 Å². The Morgan fingerprint density at radius 2 is 1.15 bits per heavy atom. The molecule has 3 heteroatoms. The molecule has 0 amide bonds. The fourth-order valence-corrected chi connectivity index (χ4v) is 11.8. The molecule has 0 unspecified atom stereocenters. The highest BCUT2D eigenvalue weighted by atomic mass is 16.5. The van der Waals surface area contributed by atoms with Crippen molar-refractivity contribution in [2.45, 2.75) is 118 Å². The maximum atomic E-state index is 12.9. The van der Waals surface area contributed by atoms with Crippen LogP contribution in [0, 0.1) is 50.7 Å². The van der Waals surface area contributed by atoms with Gasteiger partial charge in [-0.15, -0.1) is 0 Å². The third-order valence-electron chi connectivity index (χ3n) is 13.3. The number of fused-ring (bicyclic) bond motifs is 4. The van der Waals surface area contributed by atoms with E-state index in [1.807, 2.05) is 0 Å². The summed E-state index contributed by atoms with van der Waals surface area (Å²) in [4.78, 5) is 25.9. The number of carbonyl (C=O) groups excluding carboxylic acids is 2. The van der Waals surface area contributed by atoms with Crippen LogP contribution in [0.3, 0.4) is 0 Å². The van der Waals surface area contributed by atoms with E-state index in [4.69, 9.17) is 4.74 Å². The predicted octanol–water partition coefficient (Wildman–Crippen LogP) is 6.77. The minimum atomic E-state index is -0.200. The zero-order chi connectivity index (χ0) is 23.7. The van der Waals surface area contributed by atoms with Crippen LogP contribution < -0.4 is 0 Å². The van der Waals surface area contributed by atoms with E-state index in [-0.39, 0.29) is 27.3 Å². The molecule has 1 aliphatic heterocycles. The van der Waals surface area contributed by atoms with Gasteiger partial charge in [-0.25, -0.2) is 0 Å². The standard InChI is InChI=1S/C30H46O3/c1-25(2)19-9-15-29-17-30(33-18-29)16-10-20-26(3,4)24(32)12-14-28(20,6)22(30)8-7-21(29)27(19,5)13-11-23(25)31/h19-22H,7-18H2,1-6H3/t19-,20+,21+,22-,27+,28+,29+,30+/m1/s1. The highest BCUT2D eigenvalue weighted by Gasteiger charge is 2.71. The van der Waals surface area contributed by atoms with Crippen LogP contribution in [0.4, 0.5) is 0 Å². The molecular weight excluding hydrogens is 408 g/mol. The molecule has 0 radical (unpaired) electrons. The number of hydrogen-bond acceptors (Lipinski definition) is 3. The average molecular weight is 455 g/mol. The van der Waals surface area contributed by atoms with Crippen molar-refractivity contribution in [3.05, 3.63) is 0 Å². The topological polar surface area (TPSA) is 43.4 Å². The largest absolute Gasteiger partial charge is 0.374 e. The fourth-order valence-electron chi connectivity index (χ4n) is 11.8. The molecule has 2 bridgehead atoms. The lowest BCUT2D eigenvalue weighted by Gasteiger charge is -2.62. The van der Waals surface area contributed by atoms with Crippen LogP contribution in [-0.2, 0) is 14.3 Å². The highest BCUT2D eigenvalue weighted by molar-refractivity contribution is 5.86. The molecule has 33 heavy (non-hydrogen) atoms. The summed E-state index contributed by atoms with van der Waals surface area (Å²) in [6.07, 6.45) is 12.1. The molecule has 5 aliphatic carbocycles. The Balaban J connectivity index is 1.40. The van der Waals surface area contributed by atoms with Crippen LogP contribution in [0.5, 0.6) is 0 Å². The van der Waals surface area contributed by atoms with Crippen molar-refractivity contribution in [1.82, 2.24) is 0 Å². The molecule has 8 atom stereocenters. The van der Waals surface area contributed by atoms with Crippen molar-refractivity contribution in [2.24, 2.45) is 50.7 Å². The lowest BCUT2D eigenvalue weighted by molar-refractivity contribution is -0.191. The van der Waals surface area contributed by atoms with Gasteiger partial charge < -0.3 is 4.74 Å². The molecule has 0 aromatic heterocycles. The van der Waals surface area contributed by atoms with E-state index in [1.165, 1.54) is 32.1 Å². The second kappa shape index (κ2) is 6.54. The summed E-state index contributed by atoms with van der Waals surface area (Å²) in [5.41, 5.74) is 0.404. The van der Waals surface area contributed by atoms with Crippen molar-refractivity contribution in [2.75, 3.05) is 6.61 Å². The minimum absolute atomic E-state index is 0.0274. The summed E-state index contributed by atoms with van der Waals surface area (Å²) in [6, 6.07) is 0. The number of Topliss-reactive ketones (excluding diaryl/α,β-unsaturated/α-hetero) is 2. The molecule has 5 saturated carbocycles. The summed E-state index contributed by atoms with van der Waals surface area (Å²) >= 11 is 0. The molecular formula is C30H46O3. The van der Waals surface area contributed by atoms with E-state index in [0.29, 0.717) is 40.7 Å². The van der Waals surface area contributed by atoms with Crippen molar-refractivity contribution in [3.8, 4) is 0 Å². The Morgan fingerprint density at radius 1 is 0.636 bits per heavy atom. The number of ketones is 2. The second-order valence-corrected chi connectivity index (χ2v) is 15.1. The van der Waals surface area contributed by atoms with Crippen LogP contribution in [0.1, 0.15) is 112 Å². The van der Waals surface area contributed by atoms with Gasteiger partial charge in [0.15, 0.2) is 0 Å². The smallest absolute Gasteiger partial charge is 0.138 e. The number of carbonyl (C=O) groups is 2. The number of rotatable bonds is 0. The Morgan fingerprint density at radius 3 is 1.76 bits per heavy atom. The number of hydrogen-bond donors (Lipinski definition) is 0. The molecule has 6 aliphatic rings. The van der Waals surface area contributed by atoms with Gasteiger partial charge in [0.25, 0.3) is 0 Å². The molecule has 3 nitrogen and oxygen atoms in total. The van der Waals surface area contributed by atoms with E-state index < -0.39 is 0 Å². The third-order valence-corrected chi connectivity index (χ3v) is 13.3. The van der Waals surface area contributed by atoms with E-state index >= 15 is 0 Å². The Kier molecular flexibility index (Phi) is 4.51. The van der Waals surface area contributed by atoms with Crippen LogP contribution in [-0.4, -0.2) is 23.8 Å². The Bertz CT molecular complexity index is 830. The molecule has 6 rings (SSSR count). The quantitative estimate of drug-likeness (QED) is 0.406. The fraction of sp³-hybridized carbons (Fsp3) is 0.933. The first-order chi connectivity index (χ1) is 15.3. The first-order valence-corrected chi connectivity index (χ1v) is 14.0. The number of ether oxygens (including phenoxy) is 1. The zero-order valence-corrected chi connectivity index (χ0v) is 22.0. The summed E-state index contributed by atoms with van der Waals surface area (Å²) in [5, 5.41) is 0. The normalized spacial score (nSPS) is 54.5. The van der Waals surface area contributed by atoms with Gasteiger partial charge in [-0.2, -0.15) is 0 Å². The molecule has 1 saturated heterocycles. The van der Waals surface area contributed by atoms with Crippen molar-refractivity contribution in [3.63, 3.8) is 0 Å². The molecule has 0 aromatic rings.